The monoisotopic (exact) mass is 422 g/mol. The van der Waals surface area contributed by atoms with Gasteiger partial charge in [0, 0.05) is 24.7 Å². The van der Waals surface area contributed by atoms with Crippen LogP contribution in [0.3, 0.4) is 0 Å². The van der Waals surface area contributed by atoms with E-state index in [1.165, 1.54) is 6.26 Å². The summed E-state index contributed by atoms with van der Waals surface area (Å²) >= 11 is 0. The van der Waals surface area contributed by atoms with Crippen molar-refractivity contribution in [2.45, 2.75) is 25.4 Å². The second-order valence-corrected chi connectivity index (χ2v) is 7.02. The number of hydrogen-bond donors (Lipinski definition) is 3. The second kappa shape index (κ2) is 8.27. The predicted molar refractivity (Wildman–Crippen MR) is 106 cm³/mol. The van der Waals surface area contributed by atoms with Crippen LogP contribution in [0, 0.1) is 0 Å². The fourth-order valence-corrected chi connectivity index (χ4v) is 3.34. The molecule has 3 N–H and O–H groups in total. The highest BCUT2D eigenvalue weighted by Gasteiger charge is 2.42. The van der Waals surface area contributed by atoms with Gasteiger partial charge in [0.25, 0.3) is 17.7 Å². The number of carbonyl (C=O) groups excluding carboxylic acids is 5. The third-order valence-electron chi connectivity index (χ3n) is 4.92. The lowest BCUT2D eigenvalue weighted by atomic mass is 10.0. The fourth-order valence-electron chi connectivity index (χ4n) is 3.34. The number of anilines is 1. The molecule has 0 bridgehead atoms. The molecule has 2 aliphatic heterocycles. The molecule has 31 heavy (non-hydrogen) atoms. The molecule has 1 saturated heterocycles. The number of benzene rings is 1. The van der Waals surface area contributed by atoms with Gasteiger partial charge in [0.05, 0.1) is 6.26 Å². The minimum atomic E-state index is -0.995. The van der Waals surface area contributed by atoms with Gasteiger partial charge in [-0.1, -0.05) is 12.1 Å². The van der Waals surface area contributed by atoms with E-state index in [1.54, 1.807) is 36.4 Å². The van der Waals surface area contributed by atoms with Gasteiger partial charge >= 0.3 is 0 Å². The number of rotatable bonds is 6. The molecule has 0 saturated carbocycles. The Bertz CT molecular complexity index is 1090. The fraction of sp³-hybridized carbons (Fsp3) is 0.190. The van der Waals surface area contributed by atoms with Gasteiger partial charge in [0.1, 0.15) is 11.7 Å². The summed E-state index contributed by atoms with van der Waals surface area (Å²) in [7, 11) is 0. The number of amides is 5. The predicted octanol–water partition coefficient (Wildman–Crippen LogP) is 0.679. The average Bonchev–Trinajstić information content (AvgIpc) is 3.37. The van der Waals surface area contributed by atoms with Crippen molar-refractivity contribution in [2.75, 3.05) is 5.32 Å². The Morgan fingerprint density at radius 1 is 1.13 bits per heavy atom. The van der Waals surface area contributed by atoms with Gasteiger partial charge in [0.15, 0.2) is 5.76 Å². The maximum absolute atomic E-state index is 12.6. The van der Waals surface area contributed by atoms with Gasteiger partial charge < -0.3 is 15.1 Å². The molecule has 0 spiro atoms. The molecule has 10 heteroatoms. The van der Waals surface area contributed by atoms with Crippen molar-refractivity contribution < 1.29 is 28.4 Å². The number of carbonyl (C=O) groups is 5. The normalized spacial score (nSPS) is 18.6. The third kappa shape index (κ3) is 4.22. The largest absolute Gasteiger partial charge is 0.459 e. The van der Waals surface area contributed by atoms with Crippen LogP contribution in [0.2, 0.25) is 0 Å². The first-order valence-electron chi connectivity index (χ1n) is 9.53. The molecule has 2 aromatic rings. The lowest BCUT2D eigenvalue weighted by Crippen LogP contribution is -2.54. The van der Waals surface area contributed by atoms with E-state index in [-0.39, 0.29) is 36.8 Å². The maximum atomic E-state index is 12.6. The van der Waals surface area contributed by atoms with E-state index < -0.39 is 29.7 Å². The van der Waals surface area contributed by atoms with Crippen LogP contribution in [0.4, 0.5) is 5.69 Å². The van der Waals surface area contributed by atoms with Crippen LogP contribution in [-0.2, 0) is 25.7 Å². The maximum Gasteiger partial charge on any atom is 0.291 e. The number of hydrogen-bond acceptors (Lipinski definition) is 7. The zero-order chi connectivity index (χ0) is 22.0. The SMILES string of the molecule is O=C1CCC(N2C(=O)C=C(NCc3ccc(NC(=O)c4ccco4)cc3)C2=O)C(=O)N1. The van der Waals surface area contributed by atoms with Crippen LogP contribution in [0.25, 0.3) is 0 Å². The summed E-state index contributed by atoms with van der Waals surface area (Å²) in [6, 6.07) is 9.08. The Balaban J connectivity index is 1.34. The minimum absolute atomic E-state index is 0.0685. The molecule has 0 aliphatic carbocycles. The van der Waals surface area contributed by atoms with Crippen LogP contribution in [0.1, 0.15) is 29.0 Å². The quantitative estimate of drug-likeness (QED) is 0.582. The van der Waals surface area contributed by atoms with Crippen molar-refractivity contribution in [3.8, 4) is 0 Å². The molecule has 3 heterocycles. The van der Waals surface area contributed by atoms with Crippen LogP contribution in [0.15, 0.2) is 58.9 Å². The van der Waals surface area contributed by atoms with Crippen molar-refractivity contribution in [3.63, 3.8) is 0 Å². The van der Waals surface area contributed by atoms with Gasteiger partial charge in [-0.3, -0.25) is 34.2 Å². The van der Waals surface area contributed by atoms with Crippen molar-refractivity contribution in [3.05, 3.63) is 65.8 Å². The minimum Gasteiger partial charge on any atom is -0.459 e. The smallest absolute Gasteiger partial charge is 0.291 e. The molecule has 5 amide bonds. The van der Waals surface area contributed by atoms with Crippen LogP contribution in [0.5, 0.6) is 0 Å². The topological polar surface area (TPSA) is 138 Å². The zero-order valence-corrected chi connectivity index (χ0v) is 16.2. The molecular formula is C21H18N4O6. The molecule has 0 radical (unpaired) electrons. The molecule has 1 aromatic heterocycles. The Kier molecular flexibility index (Phi) is 5.35. The van der Waals surface area contributed by atoms with Crippen LogP contribution in [-0.4, -0.2) is 40.5 Å². The van der Waals surface area contributed by atoms with Crippen molar-refractivity contribution in [1.82, 2.24) is 15.5 Å². The average molecular weight is 422 g/mol. The summed E-state index contributed by atoms with van der Waals surface area (Å²) in [5.74, 6) is -2.46. The lowest BCUT2D eigenvalue weighted by molar-refractivity contribution is -0.149. The first-order chi connectivity index (χ1) is 14.9. The highest BCUT2D eigenvalue weighted by Crippen LogP contribution is 2.20. The second-order valence-electron chi connectivity index (χ2n) is 7.02. The van der Waals surface area contributed by atoms with Crippen molar-refractivity contribution in [1.29, 1.82) is 0 Å². The standard InChI is InChI=1S/C21H18N4O6/c26-17-8-7-15(19(28)24-17)25-18(27)10-14(21(25)30)22-11-12-3-5-13(6-4-12)23-20(29)16-2-1-9-31-16/h1-6,9-10,15,22H,7-8,11H2,(H,23,29)(H,24,26,28). The van der Waals surface area contributed by atoms with Crippen molar-refractivity contribution >= 4 is 35.2 Å². The Morgan fingerprint density at radius 3 is 2.58 bits per heavy atom. The lowest BCUT2D eigenvalue weighted by Gasteiger charge is -2.28. The summed E-state index contributed by atoms with van der Waals surface area (Å²) in [6.07, 6.45) is 2.73. The van der Waals surface area contributed by atoms with Crippen LogP contribution >= 0.6 is 0 Å². The number of imide groups is 2. The molecule has 2 aliphatic rings. The molecule has 158 valence electrons. The number of nitrogens with zero attached hydrogens (tertiary/aromatic N) is 1. The summed E-state index contributed by atoms with van der Waals surface area (Å²) in [5, 5.41) is 7.75. The first kappa shape index (κ1) is 20.1. The van der Waals surface area contributed by atoms with Gasteiger partial charge in [-0.15, -0.1) is 0 Å². The van der Waals surface area contributed by atoms with E-state index in [1.807, 2.05) is 0 Å². The summed E-state index contributed by atoms with van der Waals surface area (Å²) < 4.78 is 5.04. The van der Waals surface area contributed by atoms with E-state index in [0.29, 0.717) is 5.69 Å². The van der Waals surface area contributed by atoms with E-state index in [9.17, 15) is 24.0 Å². The van der Waals surface area contributed by atoms with E-state index in [4.69, 9.17) is 4.42 Å². The van der Waals surface area contributed by atoms with E-state index >= 15 is 0 Å². The van der Waals surface area contributed by atoms with Crippen molar-refractivity contribution in [2.24, 2.45) is 0 Å². The molecule has 4 rings (SSSR count). The number of furan rings is 1. The number of piperidine rings is 1. The Hall–Kier alpha value is -4.21. The van der Waals surface area contributed by atoms with Gasteiger partial charge in [-0.25, -0.2) is 0 Å². The van der Waals surface area contributed by atoms with E-state index in [0.717, 1.165) is 16.5 Å². The van der Waals surface area contributed by atoms with Gasteiger partial charge in [-0.2, -0.15) is 0 Å². The summed E-state index contributed by atoms with van der Waals surface area (Å²) in [4.78, 5) is 61.0. The molecule has 1 atom stereocenters. The first-order valence-corrected chi connectivity index (χ1v) is 9.53. The summed E-state index contributed by atoms with van der Waals surface area (Å²) in [6.45, 7) is 0.250. The summed E-state index contributed by atoms with van der Waals surface area (Å²) in [5.41, 5.74) is 1.45. The molecule has 1 fully saturated rings. The zero-order valence-electron chi connectivity index (χ0n) is 16.2. The Labute approximate surface area is 176 Å². The van der Waals surface area contributed by atoms with Crippen LogP contribution < -0.4 is 16.0 Å². The number of nitrogens with one attached hydrogen (secondary N) is 3. The highest BCUT2D eigenvalue weighted by atomic mass is 16.3. The molecular weight excluding hydrogens is 404 g/mol. The van der Waals surface area contributed by atoms with Gasteiger partial charge in [-0.05, 0) is 36.2 Å². The highest BCUT2D eigenvalue weighted by molar-refractivity contribution is 6.18. The molecule has 10 nitrogen and oxygen atoms in total. The molecule has 1 aromatic carbocycles. The third-order valence-corrected chi connectivity index (χ3v) is 4.92. The van der Waals surface area contributed by atoms with E-state index in [2.05, 4.69) is 16.0 Å². The Morgan fingerprint density at radius 2 is 1.90 bits per heavy atom. The van der Waals surface area contributed by atoms with Gasteiger partial charge in [0.2, 0.25) is 11.8 Å². The molecule has 1 unspecified atom stereocenters.